The molecule has 0 unspecified atom stereocenters. The highest BCUT2D eigenvalue weighted by atomic mass is 15.1. The van der Waals surface area contributed by atoms with Gasteiger partial charge in [0.1, 0.15) is 0 Å². The standard InChI is InChI=1S/C13H17N3/c1-10-3-5-12(6-4-10)8-16-9-15-7-13(16)11(2)14/h3-7,9,11H,8,14H2,1-2H3/t11-/m0/s1. The maximum atomic E-state index is 5.88. The summed E-state index contributed by atoms with van der Waals surface area (Å²) in [6, 6.07) is 8.55. The van der Waals surface area contributed by atoms with E-state index in [0.717, 1.165) is 12.2 Å². The van der Waals surface area contributed by atoms with Crippen molar-refractivity contribution < 1.29 is 0 Å². The lowest BCUT2D eigenvalue weighted by atomic mass is 10.1. The summed E-state index contributed by atoms with van der Waals surface area (Å²) in [6.07, 6.45) is 3.66. The Kier molecular flexibility index (Phi) is 3.06. The molecular weight excluding hydrogens is 198 g/mol. The van der Waals surface area contributed by atoms with E-state index in [9.17, 15) is 0 Å². The predicted octanol–water partition coefficient (Wildman–Crippen LogP) is 2.26. The number of rotatable bonds is 3. The van der Waals surface area contributed by atoms with Gasteiger partial charge in [-0.3, -0.25) is 0 Å². The second kappa shape index (κ2) is 4.49. The van der Waals surface area contributed by atoms with Gasteiger partial charge in [-0.1, -0.05) is 29.8 Å². The zero-order valence-corrected chi connectivity index (χ0v) is 9.72. The summed E-state index contributed by atoms with van der Waals surface area (Å²) in [7, 11) is 0. The van der Waals surface area contributed by atoms with Gasteiger partial charge in [0.25, 0.3) is 0 Å². The molecule has 1 atom stereocenters. The van der Waals surface area contributed by atoms with Gasteiger partial charge in [0.05, 0.1) is 12.0 Å². The van der Waals surface area contributed by atoms with Crippen LogP contribution in [-0.2, 0) is 6.54 Å². The van der Waals surface area contributed by atoms with Crippen molar-refractivity contribution in [1.82, 2.24) is 9.55 Å². The molecule has 2 aromatic rings. The molecule has 0 aliphatic carbocycles. The van der Waals surface area contributed by atoms with Gasteiger partial charge in [-0.25, -0.2) is 4.98 Å². The van der Waals surface area contributed by atoms with E-state index < -0.39 is 0 Å². The van der Waals surface area contributed by atoms with Crippen LogP contribution in [0.25, 0.3) is 0 Å². The Morgan fingerprint density at radius 3 is 2.62 bits per heavy atom. The number of hydrogen-bond acceptors (Lipinski definition) is 2. The van der Waals surface area contributed by atoms with Gasteiger partial charge < -0.3 is 10.3 Å². The van der Waals surface area contributed by atoms with E-state index in [1.165, 1.54) is 11.1 Å². The maximum absolute atomic E-state index is 5.88. The Morgan fingerprint density at radius 1 is 1.31 bits per heavy atom. The number of hydrogen-bond donors (Lipinski definition) is 1. The van der Waals surface area contributed by atoms with Crippen LogP contribution in [0.3, 0.4) is 0 Å². The van der Waals surface area contributed by atoms with Gasteiger partial charge in [0.15, 0.2) is 0 Å². The molecule has 0 aliphatic rings. The molecule has 0 fully saturated rings. The molecule has 0 bridgehead atoms. The summed E-state index contributed by atoms with van der Waals surface area (Å²) >= 11 is 0. The molecule has 1 heterocycles. The van der Waals surface area contributed by atoms with E-state index in [2.05, 4.69) is 40.7 Å². The van der Waals surface area contributed by atoms with Crippen LogP contribution in [0.4, 0.5) is 0 Å². The third-order valence-electron chi connectivity index (χ3n) is 2.68. The van der Waals surface area contributed by atoms with Gasteiger partial charge >= 0.3 is 0 Å². The van der Waals surface area contributed by atoms with E-state index in [0.29, 0.717) is 0 Å². The Morgan fingerprint density at radius 2 is 2.00 bits per heavy atom. The van der Waals surface area contributed by atoms with Gasteiger partial charge in [-0.05, 0) is 19.4 Å². The fourth-order valence-corrected chi connectivity index (χ4v) is 1.73. The van der Waals surface area contributed by atoms with Crippen LogP contribution in [-0.4, -0.2) is 9.55 Å². The Hall–Kier alpha value is -1.61. The molecule has 0 radical (unpaired) electrons. The second-order valence-corrected chi connectivity index (χ2v) is 4.22. The fourth-order valence-electron chi connectivity index (χ4n) is 1.73. The van der Waals surface area contributed by atoms with Gasteiger partial charge in [0, 0.05) is 18.8 Å². The smallest absolute Gasteiger partial charge is 0.0951 e. The van der Waals surface area contributed by atoms with Crippen LogP contribution < -0.4 is 5.73 Å². The monoisotopic (exact) mass is 215 g/mol. The van der Waals surface area contributed by atoms with Crippen LogP contribution in [0.1, 0.15) is 29.8 Å². The van der Waals surface area contributed by atoms with Crippen molar-refractivity contribution in [1.29, 1.82) is 0 Å². The Balaban J connectivity index is 2.20. The lowest BCUT2D eigenvalue weighted by Crippen LogP contribution is -2.12. The fraction of sp³-hybridized carbons (Fsp3) is 0.308. The number of aromatic nitrogens is 2. The Labute approximate surface area is 95.9 Å². The molecule has 0 saturated heterocycles. The van der Waals surface area contributed by atoms with Crippen molar-refractivity contribution in [3.05, 3.63) is 53.6 Å². The minimum atomic E-state index is 0.0212. The summed E-state index contributed by atoms with van der Waals surface area (Å²) < 4.78 is 2.09. The van der Waals surface area contributed by atoms with Crippen molar-refractivity contribution in [2.24, 2.45) is 5.73 Å². The molecule has 0 spiro atoms. The van der Waals surface area contributed by atoms with Crippen molar-refractivity contribution in [3.8, 4) is 0 Å². The molecule has 2 N–H and O–H groups in total. The molecule has 84 valence electrons. The first-order valence-electron chi connectivity index (χ1n) is 5.48. The third-order valence-corrected chi connectivity index (χ3v) is 2.68. The molecule has 0 saturated carbocycles. The Bertz CT molecular complexity index is 454. The molecule has 1 aromatic carbocycles. The third kappa shape index (κ3) is 2.31. The molecule has 0 aliphatic heterocycles. The maximum Gasteiger partial charge on any atom is 0.0951 e. The number of benzene rings is 1. The van der Waals surface area contributed by atoms with Crippen LogP contribution in [0.5, 0.6) is 0 Å². The van der Waals surface area contributed by atoms with Gasteiger partial charge in [-0.15, -0.1) is 0 Å². The summed E-state index contributed by atoms with van der Waals surface area (Å²) in [5.74, 6) is 0. The predicted molar refractivity (Wildman–Crippen MR) is 65.1 cm³/mol. The SMILES string of the molecule is Cc1ccc(Cn2cncc2[C@H](C)N)cc1. The van der Waals surface area contributed by atoms with Crippen molar-refractivity contribution in [2.75, 3.05) is 0 Å². The van der Waals surface area contributed by atoms with Crippen LogP contribution in [0, 0.1) is 6.92 Å². The first kappa shape index (κ1) is 10.9. The first-order valence-corrected chi connectivity index (χ1v) is 5.48. The van der Waals surface area contributed by atoms with Crippen LogP contribution in [0.15, 0.2) is 36.8 Å². The molecular formula is C13H17N3. The summed E-state index contributed by atoms with van der Waals surface area (Å²) in [5, 5.41) is 0. The van der Waals surface area contributed by atoms with Crippen molar-refractivity contribution >= 4 is 0 Å². The number of nitrogens with zero attached hydrogens (tertiary/aromatic N) is 2. The molecule has 16 heavy (non-hydrogen) atoms. The summed E-state index contributed by atoms with van der Waals surface area (Å²) in [5.41, 5.74) is 9.49. The van der Waals surface area contributed by atoms with Gasteiger partial charge in [0.2, 0.25) is 0 Å². The van der Waals surface area contributed by atoms with Crippen LogP contribution >= 0.6 is 0 Å². The summed E-state index contributed by atoms with van der Waals surface area (Å²) in [6.45, 7) is 4.90. The lowest BCUT2D eigenvalue weighted by Gasteiger charge is -2.10. The molecule has 3 heteroatoms. The average molecular weight is 215 g/mol. The first-order chi connectivity index (χ1) is 7.66. The van der Waals surface area contributed by atoms with E-state index in [-0.39, 0.29) is 6.04 Å². The van der Waals surface area contributed by atoms with E-state index in [4.69, 9.17) is 5.73 Å². The molecule has 1 aromatic heterocycles. The number of imidazole rings is 1. The van der Waals surface area contributed by atoms with Gasteiger partial charge in [-0.2, -0.15) is 0 Å². The van der Waals surface area contributed by atoms with E-state index >= 15 is 0 Å². The normalized spacial score (nSPS) is 12.7. The lowest BCUT2D eigenvalue weighted by molar-refractivity contribution is 0.674. The molecule has 2 rings (SSSR count). The molecule has 0 amide bonds. The average Bonchev–Trinajstić information content (AvgIpc) is 2.69. The minimum Gasteiger partial charge on any atom is -0.329 e. The number of nitrogens with two attached hydrogens (primary N) is 1. The largest absolute Gasteiger partial charge is 0.329 e. The second-order valence-electron chi connectivity index (χ2n) is 4.22. The summed E-state index contributed by atoms with van der Waals surface area (Å²) in [4.78, 5) is 4.14. The quantitative estimate of drug-likeness (QED) is 0.853. The minimum absolute atomic E-state index is 0.0212. The zero-order valence-electron chi connectivity index (χ0n) is 9.72. The van der Waals surface area contributed by atoms with Crippen molar-refractivity contribution in [2.45, 2.75) is 26.4 Å². The highest BCUT2D eigenvalue weighted by Crippen LogP contribution is 2.12. The highest BCUT2D eigenvalue weighted by Gasteiger charge is 2.06. The van der Waals surface area contributed by atoms with E-state index in [1.54, 1.807) is 0 Å². The van der Waals surface area contributed by atoms with Crippen LogP contribution in [0.2, 0.25) is 0 Å². The topological polar surface area (TPSA) is 43.8 Å². The molecule has 3 nitrogen and oxygen atoms in total. The highest BCUT2D eigenvalue weighted by molar-refractivity contribution is 5.22. The zero-order chi connectivity index (χ0) is 11.5. The number of aryl methyl sites for hydroxylation is 1. The van der Waals surface area contributed by atoms with E-state index in [1.807, 2.05) is 19.4 Å². The van der Waals surface area contributed by atoms with Crippen molar-refractivity contribution in [3.63, 3.8) is 0 Å².